The lowest BCUT2D eigenvalue weighted by atomic mass is 10.1. The Hall–Kier alpha value is 0.350. The Labute approximate surface area is 107 Å². The minimum atomic E-state index is -3.08. The van der Waals surface area contributed by atoms with Gasteiger partial charge in [-0.3, -0.25) is 0 Å². The monoisotopic (exact) mass is 313 g/mol. The first-order chi connectivity index (χ1) is 7.48. The minimum Gasteiger partial charge on any atom is -0.377 e. The van der Waals surface area contributed by atoms with Gasteiger partial charge in [-0.2, -0.15) is 0 Å². The highest BCUT2D eigenvalue weighted by Gasteiger charge is 2.30. The molecule has 4 nitrogen and oxygen atoms in total. The van der Waals surface area contributed by atoms with E-state index in [1.165, 1.54) is 0 Å². The first-order valence-electron chi connectivity index (χ1n) is 5.65. The van der Waals surface area contributed by atoms with Crippen LogP contribution in [0.5, 0.6) is 0 Å². The van der Waals surface area contributed by atoms with E-state index in [0.29, 0.717) is 19.7 Å². The summed E-state index contributed by atoms with van der Waals surface area (Å²) in [5, 5.41) is 0.504. The maximum Gasteiger partial charge on any atom is 0.216 e. The van der Waals surface area contributed by atoms with E-state index in [1.807, 2.05) is 0 Å². The number of hydrogen-bond acceptors (Lipinski definition) is 3. The van der Waals surface area contributed by atoms with Crippen molar-refractivity contribution >= 4 is 26.0 Å². The highest BCUT2D eigenvalue weighted by molar-refractivity contribution is 9.09. The van der Waals surface area contributed by atoms with Gasteiger partial charge in [-0.25, -0.2) is 12.7 Å². The number of alkyl halides is 1. The average molecular weight is 314 g/mol. The fraction of sp³-hybridized carbons (Fsp3) is 1.00. The summed E-state index contributed by atoms with van der Waals surface area (Å²) >= 11 is 3.31. The highest BCUT2D eigenvalue weighted by Crippen LogP contribution is 2.19. The zero-order valence-corrected chi connectivity index (χ0v) is 12.3. The van der Waals surface area contributed by atoms with Crippen LogP contribution in [0.15, 0.2) is 0 Å². The Kier molecular flexibility index (Phi) is 5.70. The van der Waals surface area contributed by atoms with Gasteiger partial charge in [-0.1, -0.05) is 15.9 Å². The van der Waals surface area contributed by atoms with Crippen LogP contribution in [0.4, 0.5) is 0 Å². The topological polar surface area (TPSA) is 46.6 Å². The van der Waals surface area contributed by atoms with Crippen molar-refractivity contribution < 1.29 is 13.2 Å². The maximum absolute atomic E-state index is 11.9. The van der Waals surface area contributed by atoms with Gasteiger partial charge in [0.1, 0.15) is 0 Å². The van der Waals surface area contributed by atoms with Gasteiger partial charge in [0.15, 0.2) is 0 Å². The molecule has 1 saturated heterocycles. The lowest BCUT2D eigenvalue weighted by Gasteiger charge is -2.32. The molecule has 0 aliphatic carbocycles. The van der Waals surface area contributed by atoms with Crippen LogP contribution < -0.4 is 0 Å². The van der Waals surface area contributed by atoms with Crippen molar-refractivity contribution in [1.82, 2.24) is 4.31 Å². The third-order valence-electron chi connectivity index (χ3n) is 2.79. The van der Waals surface area contributed by atoms with Crippen LogP contribution >= 0.6 is 15.9 Å². The van der Waals surface area contributed by atoms with E-state index in [-0.39, 0.29) is 11.4 Å². The Morgan fingerprint density at radius 3 is 2.38 bits per heavy atom. The van der Waals surface area contributed by atoms with Crippen LogP contribution in [-0.2, 0) is 14.8 Å². The van der Waals surface area contributed by atoms with Crippen molar-refractivity contribution in [3.8, 4) is 0 Å². The van der Waals surface area contributed by atoms with E-state index in [0.717, 1.165) is 18.2 Å². The van der Waals surface area contributed by atoms with Crippen molar-refractivity contribution in [3.05, 3.63) is 0 Å². The van der Waals surface area contributed by atoms with Gasteiger partial charge in [-0.05, 0) is 26.7 Å². The van der Waals surface area contributed by atoms with E-state index < -0.39 is 10.0 Å². The Bertz CT molecular complexity index is 297. The molecule has 0 amide bonds. The molecule has 96 valence electrons. The molecule has 0 N–H and O–H groups in total. The molecule has 1 fully saturated rings. The summed E-state index contributed by atoms with van der Waals surface area (Å²) in [5.74, 6) is 0. The molecule has 0 atom stereocenters. The molecule has 1 aliphatic heterocycles. The zero-order chi connectivity index (χ0) is 12.2. The molecule has 0 unspecified atom stereocenters. The molecule has 1 heterocycles. The van der Waals surface area contributed by atoms with Gasteiger partial charge in [0, 0.05) is 18.4 Å². The van der Waals surface area contributed by atoms with Gasteiger partial charge in [0.2, 0.25) is 10.0 Å². The lowest BCUT2D eigenvalue weighted by Crippen LogP contribution is -2.43. The normalized spacial score (nSPS) is 20.5. The first-order valence-corrected chi connectivity index (χ1v) is 8.27. The third-order valence-corrected chi connectivity index (χ3v) is 5.39. The van der Waals surface area contributed by atoms with Gasteiger partial charge in [0.05, 0.1) is 18.0 Å². The van der Waals surface area contributed by atoms with Gasteiger partial charge >= 0.3 is 0 Å². The molecular formula is C10H20BrNO3S. The molecule has 0 saturated carbocycles. The average Bonchev–Trinajstić information content (AvgIpc) is 2.26. The van der Waals surface area contributed by atoms with E-state index in [2.05, 4.69) is 15.9 Å². The fourth-order valence-corrected chi connectivity index (χ4v) is 3.27. The van der Waals surface area contributed by atoms with E-state index in [1.54, 1.807) is 18.2 Å². The predicted molar refractivity (Wildman–Crippen MR) is 68.4 cm³/mol. The number of sulfonamides is 1. The van der Waals surface area contributed by atoms with Crippen molar-refractivity contribution in [1.29, 1.82) is 0 Å². The minimum absolute atomic E-state index is 0.219. The van der Waals surface area contributed by atoms with E-state index in [4.69, 9.17) is 4.74 Å². The number of nitrogens with zero attached hydrogens (tertiary/aromatic N) is 1. The summed E-state index contributed by atoms with van der Waals surface area (Å²) < 4.78 is 30.9. The predicted octanol–water partition coefficient (Wildman–Crippen LogP) is 1.60. The van der Waals surface area contributed by atoms with Crippen molar-refractivity contribution in [2.45, 2.75) is 38.0 Å². The van der Waals surface area contributed by atoms with E-state index >= 15 is 0 Å². The first kappa shape index (κ1) is 14.4. The Morgan fingerprint density at radius 1 is 1.38 bits per heavy atom. The largest absolute Gasteiger partial charge is 0.377 e. The van der Waals surface area contributed by atoms with Gasteiger partial charge in [-0.15, -0.1) is 0 Å². The van der Waals surface area contributed by atoms with Crippen LogP contribution in [0.3, 0.4) is 0 Å². The maximum atomic E-state index is 11.9. The summed E-state index contributed by atoms with van der Waals surface area (Å²) in [7, 11) is -3.08. The molecule has 6 heteroatoms. The number of ether oxygens (including phenoxy) is 1. The second-order valence-electron chi connectivity index (χ2n) is 4.25. The molecule has 0 aromatic heterocycles. The number of piperidine rings is 1. The zero-order valence-electron chi connectivity index (χ0n) is 9.86. The molecular weight excluding hydrogens is 294 g/mol. The molecule has 0 radical (unpaired) electrons. The number of halogens is 1. The smallest absolute Gasteiger partial charge is 0.216 e. The summed E-state index contributed by atoms with van der Waals surface area (Å²) in [6, 6.07) is 0. The Morgan fingerprint density at radius 2 is 1.94 bits per heavy atom. The third kappa shape index (κ3) is 3.68. The van der Waals surface area contributed by atoms with Crippen LogP contribution in [0, 0.1) is 0 Å². The Balaban J connectivity index is 2.43. The molecule has 1 aliphatic rings. The summed E-state index contributed by atoms with van der Waals surface area (Å²) in [4.78, 5) is 0. The lowest BCUT2D eigenvalue weighted by molar-refractivity contribution is 0.0308. The van der Waals surface area contributed by atoms with Crippen LogP contribution in [0.2, 0.25) is 0 Å². The number of hydrogen-bond donors (Lipinski definition) is 0. The molecule has 16 heavy (non-hydrogen) atoms. The SMILES string of the molecule is CC(C)S(=O)(=O)N1CCC(OCCBr)CC1. The van der Waals surface area contributed by atoms with Gasteiger partial charge < -0.3 is 4.74 Å². The second-order valence-corrected chi connectivity index (χ2v) is 7.53. The van der Waals surface area contributed by atoms with Crippen molar-refractivity contribution in [2.24, 2.45) is 0 Å². The summed E-state index contributed by atoms with van der Waals surface area (Å²) in [6.07, 6.45) is 1.83. The molecule has 0 bridgehead atoms. The van der Waals surface area contributed by atoms with Crippen LogP contribution in [0.25, 0.3) is 0 Å². The molecule has 1 rings (SSSR count). The molecule has 0 aromatic rings. The quantitative estimate of drug-likeness (QED) is 0.724. The van der Waals surface area contributed by atoms with Crippen LogP contribution in [-0.4, -0.2) is 49.1 Å². The van der Waals surface area contributed by atoms with Gasteiger partial charge in [0.25, 0.3) is 0 Å². The summed E-state index contributed by atoms with van der Waals surface area (Å²) in [6.45, 7) is 5.33. The number of rotatable bonds is 5. The fourth-order valence-electron chi connectivity index (χ4n) is 1.76. The highest BCUT2D eigenvalue weighted by atomic mass is 79.9. The van der Waals surface area contributed by atoms with E-state index in [9.17, 15) is 8.42 Å². The molecule has 0 aromatic carbocycles. The van der Waals surface area contributed by atoms with Crippen molar-refractivity contribution in [3.63, 3.8) is 0 Å². The van der Waals surface area contributed by atoms with Crippen LogP contribution in [0.1, 0.15) is 26.7 Å². The molecule has 0 spiro atoms. The standard InChI is InChI=1S/C10H20BrNO3S/c1-9(2)16(13,14)12-6-3-10(4-7-12)15-8-5-11/h9-10H,3-8H2,1-2H3. The second kappa shape index (κ2) is 6.33. The summed E-state index contributed by atoms with van der Waals surface area (Å²) in [5.41, 5.74) is 0. The van der Waals surface area contributed by atoms with Crippen molar-refractivity contribution in [2.75, 3.05) is 25.0 Å².